The van der Waals surface area contributed by atoms with Gasteiger partial charge in [-0.2, -0.15) is 0 Å². The molecule has 1 atom stereocenters. The number of carbonyl (C=O) groups excluding carboxylic acids is 1. The zero-order valence-corrected chi connectivity index (χ0v) is 13.5. The summed E-state index contributed by atoms with van der Waals surface area (Å²) in [5, 5.41) is 10.8. The van der Waals surface area contributed by atoms with Gasteiger partial charge in [0.1, 0.15) is 6.10 Å². The van der Waals surface area contributed by atoms with Gasteiger partial charge in [-0.1, -0.05) is 0 Å². The first-order chi connectivity index (χ1) is 11.1. The third-order valence-electron chi connectivity index (χ3n) is 4.72. The molecule has 7 heteroatoms. The molecule has 0 unspecified atom stereocenters. The number of aromatic nitrogens is 2. The van der Waals surface area contributed by atoms with Crippen LogP contribution in [0.25, 0.3) is 0 Å². The number of likely N-dealkylation sites (tertiary alicyclic amines) is 1. The Balaban J connectivity index is 1.56. The van der Waals surface area contributed by atoms with Gasteiger partial charge in [0.25, 0.3) is 0 Å². The van der Waals surface area contributed by atoms with Gasteiger partial charge in [0.2, 0.25) is 5.91 Å². The van der Waals surface area contributed by atoms with Crippen LogP contribution in [0.4, 0.5) is 0 Å². The molecule has 3 heterocycles. The van der Waals surface area contributed by atoms with Gasteiger partial charge in [0, 0.05) is 52.0 Å². The maximum absolute atomic E-state index is 11.4. The van der Waals surface area contributed by atoms with Crippen LogP contribution in [-0.4, -0.2) is 75.7 Å². The average molecular weight is 320 g/mol. The van der Waals surface area contributed by atoms with Crippen molar-refractivity contribution in [2.75, 3.05) is 39.3 Å². The van der Waals surface area contributed by atoms with Gasteiger partial charge in [-0.05, 0) is 12.8 Å². The third kappa shape index (κ3) is 4.04. The van der Waals surface area contributed by atoms with Gasteiger partial charge >= 0.3 is 0 Å². The molecule has 0 bridgehead atoms. The largest absolute Gasteiger partial charge is 0.388 e. The first kappa shape index (κ1) is 16.3. The van der Waals surface area contributed by atoms with E-state index in [1.807, 2.05) is 0 Å². The molecule has 126 valence electrons. The maximum Gasteiger partial charge on any atom is 0.219 e. The van der Waals surface area contributed by atoms with Gasteiger partial charge in [-0.15, -0.1) is 0 Å². The zero-order chi connectivity index (χ0) is 16.3. The van der Waals surface area contributed by atoms with E-state index in [-0.39, 0.29) is 12.0 Å². The zero-order valence-electron chi connectivity index (χ0n) is 13.5. The lowest BCUT2D eigenvalue weighted by molar-refractivity contribution is -0.134. The molecule has 0 spiro atoms. The van der Waals surface area contributed by atoms with Crippen LogP contribution in [0.5, 0.6) is 0 Å². The van der Waals surface area contributed by atoms with Crippen molar-refractivity contribution in [1.29, 1.82) is 0 Å². The van der Waals surface area contributed by atoms with Gasteiger partial charge < -0.3 is 14.7 Å². The molecule has 2 saturated heterocycles. The van der Waals surface area contributed by atoms with Gasteiger partial charge in [0.05, 0.1) is 24.1 Å². The molecule has 1 amide bonds. The fourth-order valence-electron chi connectivity index (χ4n) is 3.31. The number of hydrogen-bond acceptors (Lipinski definition) is 6. The predicted molar refractivity (Wildman–Crippen MR) is 83.6 cm³/mol. The Morgan fingerprint density at radius 2 is 2.17 bits per heavy atom. The minimum absolute atomic E-state index is 0.0844. The Bertz CT molecular complexity index is 531. The Kier molecular flexibility index (Phi) is 4.89. The van der Waals surface area contributed by atoms with Crippen LogP contribution in [0.2, 0.25) is 0 Å². The number of rotatable bonds is 3. The summed E-state index contributed by atoms with van der Waals surface area (Å²) in [6.07, 6.45) is 6.20. The van der Waals surface area contributed by atoms with Crippen molar-refractivity contribution in [1.82, 2.24) is 19.8 Å². The standard InChI is InChI=1S/C16H24N4O3/c1-13(21)20-6-2-16(22,3-7-20)12-19-8-9-23-15(11-19)14-10-17-4-5-18-14/h4-5,10,15,22H,2-3,6-9,11-12H2,1H3/t15-/m0/s1. The number of carbonyl (C=O) groups is 1. The molecular weight excluding hydrogens is 296 g/mol. The average Bonchev–Trinajstić information content (AvgIpc) is 2.56. The topological polar surface area (TPSA) is 78.8 Å². The van der Waals surface area contributed by atoms with E-state index in [1.165, 1.54) is 0 Å². The number of amides is 1. The minimum Gasteiger partial charge on any atom is -0.388 e. The fraction of sp³-hybridized carbons (Fsp3) is 0.688. The second-order valence-electron chi connectivity index (χ2n) is 6.46. The molecule has 3 rings (SSSR count). The number of piperidine rings is 1. The van der Waals surface area contributed by atoms with Gasteiger partial charge in [0.15, 0.2) is 0 Å². The Morgan fingerprint density at radius 3 is 2.83 bits per heavy atom. The number of nitrogens with zero attached hydrogens (tertiary/aromatic N) is 4. The molecule has 0 radical (unpaired) electrons. The summed E-state index contributed by atoms with van der Waals surface area (Å²) in [6.45, 7) is 5.58. The molecule has 7 nitrogen and oxygen atoms in total. The van der Waals surface area contributed by atoms with Crippen LogP contribution in [0.15, 0.2) is 18.6 Å². The first-order valence-corrected chi connectivity index (χ1v) is 8.13. The highest BCUT2D eigenvalue weighted by molar-refractivity contribution is 5.73. The van der Waals surface area contributed by atoms with E-state index in [0.29, 0.717) is 45.6 Å². The molecule has 0 saturated carbocycles. The lowest BCUT2D eigenvalue weighted by Gasteiger charge is -2.42. The number of morpholine rings is 1. The van der Waals surface area contributed by atoms with Crippen molar-refractivity contribution in [2.45, 2.75) is 31.5 Å². The molecule has 2 aliphatic rings. The number of hydrogen-bond donors (Lipinski definition) is 1. The van der Waals surface area contributed by atoms with Crippen LogP contribution >= 0.6 is 0 Å². The second-order valence-corrected chi connectivity index (χ2v) is 6.46. The SMILES string of the molecule is CC(=O)N1CCC(O)(CN2CCO[C@H](c3cnccn3)C2)CC1. The van der Waals surface area contributed by atoms with E-state index in [1.54, 1.807) is 30.4 Å². The summed E-state index contributed by atoms with van der Waals surface area (Å²) in [6, 6.07) is 0. The Hall–Kier alpha value is -1.57. The van der Waals surface area contributed by atoms with Crippen LogP contribution in [0.1, 0.15) is 31.6 Å². The summed E-state index contributed by atoms with van der Waals surface area (Å²) < 4.78 is 5.79. The summed E-state index contributed by atoms with van der Waals surface area (Å²) in [5.41, 5.74) is 0.103. The molecule has 1 aromatic rings. The molecule has 1 N–H and O–H groups in total. The van der Waals surface area contributed by atoms with E-state index in [9.17, 15) is 9.90 Å². The van der Waals surface area contributed by atoms with Crippen molar-refractivity contribution in [2.24, 2.45) is 0 Å². The molecule has 23 heavy (non-hydrogen) atoms. The maximum atomic E-state index is 11.4. The third-order valence-corrected chi connectivity index (χ3v) is 4.72. The highest BCUT2D eigenvalue weighted by Gasteiger charge is 2.36. The smallest absolute Gasteiger partial charge is 0.219 e. The Morgan fingerprint density at radius 1 is 1.39 bits per heavy atom. The lowest BCUT2D eigenvalue weighted by Crippen LogP contribution is -2.53. The molecule has 1 aromatic heterocycles. The summed E-state index contributed by atoms with van der Waals surface area (Å²) in [5.74, 6) is 0.0844. The molecule has 2 aliphatic heterocycles. The van der Waals surface area contributed by atoms with Crippen LogP contribution in [0.3, 0.4) is 0 Å². The van der Waals surface area contributed by atoms with Crippen LogP contribution in [0, 0.1) is 0 Å². The second kappa shape index (κ2) is 6.90. The molecule has 0 aromatic carbocycles. The first-order valence-electron chi connectivity index (χ1n) is 8.13. The normalized spacial score (nSPS) is 25.3. The summed E-state index contributed by atoms with van der Waals surface area (Å²) >= 11 is 0. The van der Waals surface area contributed by atoms with E-state index >= 15 is 0 Å². The Labute approximate surface area is 136 Å². The van der Waals surface area contributed by atoms with E-state index < -0.39 is 5.60 Å². The highest BCUT2D eigenvalue weighted by atomic mass is 16.5. The fourth-order valence-corrected chi connectivity index (χ4v) is 3.31. The van der Waals surface area contributed by atoms with Crippen molar-refractivity contribution < 1.29 is 14.6 Å². The molecular formula is C16H24N4O3. The van der Waals surface area contributed by atoms with Crippen molar-refractivity contribution in [3.05, 3.63) is 24.3 Å². The number of β-amino-alcohol motifs (C(OH)–C–C–N with tert-alkyl or cyclic N) is 1. The molecule has 0 aliphatic carbocycles. The quantitative estimate of drug-likeness (QED) is 0.858. The van der Waals surface area contributed by atoms with Crippen LogP contribution in [-0.2, 0) is 9.53 Å². The van der Waals surface area contributed by atoms with Crippen LogP contribution < -0.4 is 0 Å². The minimum atomic E-state index is -0.726. The summed E-state index contributed by atoms with van der Waals surface area (Å²) in [7, 11) is 0. The molecule has 2 fully saturated rings. The monoisotopic (exact) mass is 320 g/mol. The van der Waals surface area contributed by atoms with Gasteiger partial charge in [-0.3, -0.25) is 19.7 Å². The van der Waals surface area contributed by atoms with E-state index in [2.05, 4.69) is 14.9 Å². The van der Waals surface area contributed by atoms with Crippen molar-refractivity contribution in [3.8, 4) is 0 Å². The number of aliphatic hydroxyl groups is 1. The van der Waals surface area contributed by atoms with E-state index in [4.69, 9.17) is 4.74 Å². The summed E-state index contributed by atoms with van der Waals surface area (Å²) in [4.78, 5) is 23.8. The lowest BCUT2D eigenvalue weighted by atomic mass is 9.90. The van der Waals surface area contributed by atoms with E-state index in [0.717, 1.165) is 12.2 Å². The predicted octanol–water partition coefficient (Wildman–Crippen LogP) is 0.223. The van der Waals surface area contributed by atoms with Crippen molar-refractivity contribution in [3.63, 3.8) is 0 Å². The number of ether oxygens (including phenoxy) is 1. The highest BCUT2D eigenvalue weighted by Crippen LogP contribution is 2.26. The van der Waals surface area contributed by atoms with Crippen molar-refractivity contribution >= 4 is 5.91 Å². The van der Waals surface area contributed by atoms with Gasteiger partial charge in [-0.25, -0.2) is 0 Å².